The van der Waals surface area contributed by atoms with Gasteiger partial charge in [-0.3, -0.25) is 9.59 Å². The SMILES string of the molecule is N#Cc1ccc(C(=O)N/N=C/c2ccc(OCC(=O)Nc3ccc(F)cc3)c(Br)c2)c(F)c1. The van der Waals surface area contributed by atoms with Gasteiger partial charge in [0, 0.05) is 5.69 Å². The van der Waals surface area contributed by atoms with Crippen LogP contribution in [-0.4, -0.2) is 24.6 Å². The van der Waals surface area contributed by atoms with Crippen molar-refractivity contribution in [2.45, 2.75) is 0 Å². The van der Waals surface area contributed by atoms with Crippen molar-refractivity contribution in [3.63, 3.8) is 0 Å². The zero-order valence-corrected chi connectivity index (χ0v) is 18.4. The Morgan fingerprint density at radius 3 is 2.52 bits per heavy atom. The topological polar surface area (TPSA) is 104 Å². The molecule has 33 heavy (non-hydrogen) atoms. The van der Waals surface area contributed by atoms with E-state index in [4.69, 9.17) is 10.00 Å². The first-order chi connectivity index (χ1) is 15.9. The molecule has 2 amide bonds. The molecule has 3 aromatic carbocycles. The largest absolute Gasteiger partial charge is 0.483 e. The predicted octanol–water partition coefficient (Wildman–Crippen LogP) is 4.38. The Morgan fingerprint density at radius 1 is 1.09 bits per heavy atom. The fourth-order valence-electron chi connectivity index (χ4n) is 2.58. The van der Waals surface area contributed by atoms with Gasteiger partial charge in [0.2, 0.25) is 0 Å². The number of nitrogens with zero attached hydrogens (tertiary/aromatic N) is 2. The maximum Gasteiger partial charge on any atom is 0.274 e. The number of rotatable bonds is 7. The summed E-state index contributed by atoms with van der Waals surface area (Å²) in [5.74, 6) is -2.02. The third-order valence-corrected chi connectivity index (χ3v) is 4.78. The van der Waals surface area contributed by atoms with E-state index in [1.54, 1.807) is 24.3 Å². The number of carbonyl (C=O) groups is 2. The van der Waals surface area contributed by atoms with E-state index in [0.717, 1.165) is 6.07 Å². The average molecular weight is 513 g/mol. The molecule has 0 aliphatic rings. The average Bonchev–Trinajstić information content (AvgIpc) is 2.79. The number of amides is 2. The van der Waals surface area contributed by atoms with Crippen LogP contribution in [0.1, 0.15) is 21.5 Å². The minimum atomic E-state index is -0.825. The van der Waals surface area contributed by atoms with Crippen LogP contribution < -0.4 is 15.5 Å². The van der Waals surface area contributed by atoms with Crippen LogP contribution in [0, 0.1) is 23.0 Å². The minimum absolute atomic E-state index is 0.104. The lowest BCUT2D eigenvalue weighted by Gasteiger charge is -2.09. The minimum Gasteiger partial charge on any atom is -0.483 e. The van der Waals surface area contributed by atoms with Gasteiger partial charge in [0.05, 0.1) is 27.9 Å². The first-order valence-electron chi connectivity index (χ1n) is 9.36. The van der Waals surface area contributed by atoms with Crippen molar-refractivity contribution in [2.75, 3.05) is 11.9 Å². The van der Waals surface area contributed by atoms with Gasteiger partial charge in [-0.2, -0.15) is 10.4 Å². The summed E-state index contributed by atoms with van der Waals surface area (Å²) in [5.41, 5.74) is 3.11. The van der Waals surface area contributed by atoms with E-state index in [1.807, 2.05) is 0 Å². The lowest BCUT2D eigenvalue weighted by molar-refractivity contribution is -0.118. The van der Waals surface area contributed by atoms with E-state index in [9.17, 15) is 18.4 Å². The van der Waals surface area contributed by atoms with Crippen molar-refractivity contribution in [3.05, 3.63) is 93.5 Å². The van der Waals surface area contributed by atoms with Gasteiger partial charge in [0.1, 0.15) is 17.4 Å². The molecule has 0 atom stereocenters. The van der Waals surface area contributed by atoms with Crippen molar-refractivity contribution in [2.24, 2.45) is 5.10 Å². The van der Waals surface area contributed by atoms with Gasteiger partial charge >= 0.3 is 0 Å². The Kier molecular flexibility index (Phi) is 7.83. The first kappa shape index (κ1) is 23.6. The second kappa shape index (κ2) is 11.0. The third kappa shape index (κ3) is 6.69. The maximum absolute atomic E-state index is 13.9. The first-order valence-corrected chi connectivity index (χ1v) is 10.2. The van der Waals surface area contributed by atoms with Crippen LogP contribution >= 0.6 is 15.9 Å². The van der Waals surface area contributed by atoms with Crippen LogP contribution in [0.4, 0.5) is 14.5 Å². The molecule has 10 heteroatoms. The summed E-state index contributed by atoms with van der Waals surface area (Å²) in [7, 11) is 0. The molecule has 0 heterocycles. The van der Waals surface area contributed by atoms with E-state index in [2.05, 4.69) is 31.8 Å². The third-order valence-electron chi connectivity index (χ3n) is 4.17. The second-order valence-corrected chi connectivity index (χ2v) is 7.39. The van der Waals surface area contributed by atoms with Crippen molar-refractivity contribution in [1.82, 2.24) is 5.43 Å². The molecule has 0 saturated carbocycles. The molecule has 0 aliphatic heterocycles. The zero-order valence-electron chi connectivity index (χ0n) is 16.8. The molecule has 0 aromatic heterocycles. The smallest absolute Gasteiger partial charge is 0.274 e. The molecule has 0 fully saturated rings. The summed E-state index contributed by atoms with van der Waals surface area (Å²) >= 11 is 3.33. The van der Waals surface area contributed by atoms with E-state index < -0.39 is 23.4 Å². The lowest BCUT2D eigenvalue weighted by Crippen LogP contribution is -2.20. The van der Waals surface area contributed by atoms with Gasteiger partial charge in [-0.15, -0.1) is 0 Å². The van der Waals surface area contributed by atoms with Gasteiger partial charge in [-0.05, 0) is 82.2 Å². The highest BCUT2D eigenvalue weighted by molar-refractivity contribution is 9.10. The van der Waals surface area contributed by atoms with Crippen LogP contribution in [-0.2, 0) is 4.79 Å². The molecule has 7 nitrogen and oxygen atoms in total. The quantitative estimate of drug-likeness (QED) is 0.362. The fourth-order valence-corrected chi connectivity index (χ4v) is 3.09. The van der Waals surface area contributed by atoms with Crippen LogP contribution in [0.25, 0.3) is 0 Å². The molecule has 0 unspecified atom stereocenters. The van der Waals surface area contributed by atoms with E-state index in [1.165, 1.54) is 42.6 Å². The molecular formula is C23H15BrF2N4O3. The number of anilines is 1. The van der Waals surface area contributed by atoms with Crippen LogP contribution in [0.3, 0.4) is 0 Å². The molecule has 166 valence electrons. The van der Waals surface area contributed by atoms with Crippen molar-refractivity contribution in [1.29, 1.82) is 5.26 Å². The predicted molar refractivity (Wildman–Crippen MR) is 121 cm³/mol. The van der Waals surface area contributed by atoms with Crippen LogP contribution in [0.2, 0.25) is 0 Å². The number of hydrogen-bond acceptors (Lipinski definition) is 5. The number of carbonyl (C=O) groups excluding carboxylic acids is 2. The normalized spacial score (nSPS) is 10.5. The number of halogens is 3. The number of hydrazone groups is 1. The monoisotopic (exact) mass is 512 g/mol. The van der Waals surface area contributed by atoms with Gasteiger partial charge in [-0.1, -0.05) is 0 Å². The molecule has 0 aliphatic carbocycles. The van der Waals surface area contributed by atoms with Gasteiger partial charge < -0.3 is 10.1 Å². The molecule has 2 N–H and O–H groups in total. The summed E-state index contributed by atoms with van der Waals surface area (Å²) in [5, 5.41) is 15.1. The summed E-state index contributed by atoms with van der Waals surface area (Å²) < 4.78 is 32.8. The van der Waals surface area contributed by atoms with Crippen LogP contribution in [0.5, 0.6) is 5.75 Å². The molecule has 0 radical (unpaired) electrons. The van der Waals surface area contributed by atoms with Crippen LogP contribution in [0.15, 0.2) is 70.2 Å². The van der Waals surface area contributed by atoms with Gasteiger partial charge in [-0.25, -0.2) is 14.2 Å². The van der Waals surface area contributed by atoms with E-state index in [0.29, 0.717) is 21.5 Å². The molecular weight excluding hydrogens is 498 g/mol. The fraction of sp³-hybridized carbons (Fsp3) is 0.0435. The Balaban J connectivity index is 1.54. The summed E-state index contributed by atoms with van der Waals surface area (Å²) in [4.78, 5) is 24.0. The number of nitrogens with one attached hydrogen (secondary N) is 2. The lowest BCUT2D eigenvalue weighted by atomic mass is 10.1. The summed E-state index contributed by atoms with van der Waals surface area (Å²) in [6, 6.07) is 15.5. The van der Waals surface area contributed by atoms with Gasteiger partial charge in [0.25, 0.3) is 11.8 Å². The Hall–Kier alpha value is -4.10. The highest BCUT2D eigenvalue weighted by Crippen LogP contribution is 2.25. The molecule has 3 aromatic rings. The molecule has 0 spiro atoms. The van der Waals surface area contributed by atoms with Crippen molar-refractivity contribution in [3.8, 4) is 11.8 Å². The van der Waals surface area contributed by atoms with E-state index in [-0.39, 0.29) is 17.7 Å². The van der Waals surface area contributed by atoms with Gasteiger partial charge in [0.15, 0.2) is 6.61 Å². The number of nitriles is 1. The molecule has 0 saturated heterocycles. The molecule has 3 rings (SSSR count). The Bertz CT molecular complexity index is 1260. The zero-order chi connectivity index (χ0) is 23.8. The maximum atomic E-state index is 13.9. The standard InChI is InChI=1S/C23H15BrF2N4O3/c24-19-9-15(12-28-30-23(32)18-7-1-14(11-27)10-20(18)26)2-8-21(19)33-13-22(31)29-17-5-3-16(25)4-6-17/h1-10,12H,13H2,(H,29,31)(H,30,32)/b28-12+. The van der Waals surface area contributed by atoms with E-state index >= 15 is 0 Å². The second-order valence-electron chi connectivity index (χ2n) is 6.54. The Morgan fingerprint density at radius 2 is 1.85 bits per heavy atom. The van der Waals surface area contributed by atoms with Crippen molar-refractivity contribution < 1.29 is 23.1 Å². The highest BCUT2D eigenvalue weighted by Gasteiger charge is 2.12. The van der Waals surface area contributed by atoms with Crippen molar-refractivity contribution >= 4 is 39.6 Å². The Labute approximate surface area is 195 Å². The number of ether oxygens (including phenoxy) is 1. The number of benzene rings is 3. The summed E-state index contributed by atoms with van der Waals surface area (Å²) in [6.07, 6.45) is 1.34. The summed E-state index contributed by atoms with van der Waals surface area (Å²) in [6.45, 7) is -0.268. The molecule has 0 bridgehead atoms. The highest BCUT2D eigenvalue weighted by atomic mass is 79.9. The number of hydrogen-bond donors (Lipinski definition) is 2.